The summed E-state index contributed by atoms with van der Waals surface area (Å²) in [5, 5.41) is 1.63. The van der Waals surface area contributed by atoms with Crippen molar-refractivity contribution in [2.75, 3.05) is 31.2 Å². The monoisotopic (exact) mass is 475 g/mol. The van der Waals surface area contributed by atoms with Crippen LogP contribution in [-0.2, 0) is 17.8 Å². The molecule has 3 heterocycles. The highest BCUT2D eigenvalue weighted by Crippen LogP contribution is 2.28. The Labute approximate surface area is 203 Å². The molecule has 1 aliphatic heterocycles. The number of furan rings is 1. The van der Waals surface area contributed by atoms with Crippen LogP contribution in [0.15, 0.2) is 71.3 Å². The highest BCUT2D eigenvalue weighted by molar-refractivity contribution is 6.31. The Hall–Kier alpha value is -3.35. The normalized spacial score (nSPS) is 13.9. The molecule has 1 aliphatic rings. The second-order valence-electron chi connectivity index (χ2n) is 8.51. The predicted molar refractivity (Wildman–Crippen MR) is 133 cm³/mol. The van der Waals surface area contributed by atoms with Crippen molar-refractivity contribution in [2.45, 2.75) is 20.0 Å². The lowest BCUT2D eigenvalue weighted by atomic mass is 10.1. The van der Waals surface area contributed by atoms with Crippen molar-refractivity contribution in [3.8, 4) is 0 Å². The molecule has 0 bridgehead atoms. The third kappa shape index (κ3) is 4.93. The first kappa shape index (κ1) is 22.4. The number of fused-ring (bicyclic) bond motifs is 1. The van der Waals surface area contributed by atoms with Gasteiger partial charge in [-0.3, -0.25) is 4.79 Å². The van der Waals surface area contributed by atoms with Crippen LogP contribution < -0.4 is 4.90 Å². The molecule has 0 unspecified atom stereocenters. The fourth-order valence-corrected chi connectivity index (χ4v) is 4.38. The Morgan fingerprint density at radius 1 is 1.06 bits per heavy atom. The number of aryl methyl sites for hydroxylation is 1. The maximum absolute atomic E-state index is 13.6. The Bertz CT molecular complexity index is 1280. The van der Waals surface area contributed by atoms with E-state index >= 15 is 0 Å². The molecule has 2 aromatic heterocycles. The summed E-state index contributed by atoms with van der Waals surface area (Å²) in [6.07, 6.45) is 1.63. The molecule has 5 rings (SSSR count). The minimum absolute atomic E-state index is 0.0551. The number of hydrogen-bond acceptors (Lipinski definition) is 5. The number of carbonyl (C=O) groups excluding carboxylic acids is 1. The smallest absolute Gasteiger partial charge is 0.254 e. The van der Waals surface area contributed by atoms with Gasteiger partial charge in [-0.25, -0.2) is 4.98 Å². The van der Waals surface area contributed by atoms with Gasteiger partial charge in [-0.05, 0) is 49.4 Å². The van der Waals surface area contributed by atoms with Crippen LogP contribution in [0.4, 0.5) is 5.82 Å². The van der Waals surface area contributed by atoms with Gasteiger partial charge in [-0.2, -0.15) is 0 Å². The summed E-state index contributed by atoms with van der Waals surface area (Å²) < 4.78 is 11.1. The molecule has 0 radical (unpaired) electrons. The summed E-state index contributed by atoms with van der Waals surface area (Å²) in [4.78, 5) is 22.6. The largest absolute Gasteiger partial charge is 0.467 e. The van der Waals surface area contributed by atoms with E-state index < -0.39 is 0 Å². The number of amides is 1. The zero-order valence-electron chi connectivity index (χ0n) is 19.0. The molecule has 6 nitrogen and oxygen atoms in total. The molecule has 2 aromatic carbocycles. The molecule has 0 spiro atoms. The van der Waals surface area contributed by atoms with Crippen molar-refractivity contribution in [1.29, 1.82) is 0 Å². The minimum atomic E-state index is -0.0551. The lowest BCUT2D eigenvalue weighted by Crippen LogP contribution is -2.38. The quantitative estimate of drug-likeness (QED) is 0.370. The van der Waals surface area contributed by atoms with Crippen LogP contribution in [0.5, 0.6) is 0 Å². The topological polar surface area (TPSA) is 58.8 Å². The third-order valence-corrected chi connectivity index (χ3v) is 6.26. The maximum atomic E-state index is 13.6. The van der Waals surface area contributed by atoms with Gasteiger partial charge in [0.1, 0.15) is 11.6 Å². The van der Waals surface area contributed by atoms with Crippen molar-refractivity contribution in [3.05, 3.63) is 94.4 Å². The van der Waals surface area contributed by atoms with Crippen LogP contribution in [0.25, 0.3) is 10.9 Å². The van der Waals surface area contributed by atoms with Crippen LogP contribution in [-0.4, -0.2) is 42.1 Å². The average molecular weight is 476 g/mol. The highest BCUT2D eigenvalue weighted by atomic mass is 35.5. The number of halogens is 1. The van der Waals surface area contributed by atoms with E-state index in [4.69, 9.17) is 25.7 Å². The van der Waals surface area contributed by atoms with Gasteiger partial charge in [0.15, 0.2) is 0 Å². The Balaban J connectivity index is 1.55. The van der Waals surface area contributed by atoms with E-state index in [-0.39, 0.29) is 5.91 Å². The summed E-state index contributed by atoms with van der Waals surface area (Å²) in [6.45, 7) is 5.55. The highest BCUT2D eigenvalue weighted by Gasteiger charge is 2.23. The second kappa shape index (κ2) is 9.87. The van der Waals surface area contributed by atoms with Crippen LogP contribution in [0.2, 0.25) is 5.02 Å². The van der Waals surface area contributed by atoms with E-state index in [2.05, 4.69) is 11.0 Å². The molecule has 1 fully saturated rings. The predicted octanol–water partition coefficient (Wildman–Crippen LogP) is 5.47. The molecular weight excluding hydrogens is 450 g/mol. The van der Waals surface area contributed by atoms with E-state index in [1.165, 1.54) is 0 Å². The van der Waals surface area contributed by atoms with E-state index in [0.29, 0.717) is 36.9 Å². The summed E-state index contributed by atoms with van der Waals surface area (Å²) in [5.74, 6) is 1.54. The number of hydrogen-bond donors (Lipinski definition) is 0. The molecule has 174 valence electrons. The molecule has 7 heteroatoms. The van der Waals surface area contributed by atoms with E-state index in [1.807, 2.05) is 66.4 Å². The fourth-order valence-electron chi connectivity index (χ4n) is 4.21. The SMILES string of the molecule is Cc1ccc(C(=O)N(Cc2ccco2)Cc2cc3ccc(Cl)cc3nc2N2CCOCC2)cc1. The van der Waals surface area contributed by atoms with Gasteiger partial charge in [0.05, 0.1) is 38.1 Å². The zero-order valence-corrected chi connectivity index (χ0v) is 19.8. The molecule has 0 saturated carbocycles. The summed E-state index contributed by atoms with van der Waals surface area (Å²) in [6, 6.07) is 19.2. The molecule has 4 aromatic rings. The maximum Gasteiger partial charge on any atom is 0.254 e. The lowest BCUT2D eigenvalue weighted by Gasteiger charge is -2.31. The van der Waals surface area contributed by atoms with Gasteiger partial charge in [-0.1, -0.05) is 35.4 Å². The van der Waals surface area contributed by atoms with Gasteiger partial charge < -0.3 is 19.0 Å². The summed E-state index contributed by atoms with van der Waals surface area (Å²) in [7, 11) is 0. The van der Waals surface area contributed by atoms with Crippen molar-refractivity contribution >= 4 is 34.2 Å². The number of nitrogens with zero attached hydrogens (tertiary/aromatic N) is 3. The molecule has 0 N–H and O–H groups in total. The number of ether oxygens (including phenoxy) is 1. The fraction of sp³-hybridized carbons (Fsp3) is 0.259. The van der Waals surface area contributed by atoms with Crippen LogP contribution in [0.1, 0.15) is 27.2 Å². The molecule has 1 amide bonds. The summed E-state index contributed by atoms with van der Waals surface area (Å²) >= 11 is 6.24. The first-order valence-electron chi connectivity index (χ1n) is 11.4. The number of anilines is 1. The zero-order chi connectivity index (χ0) is 23.5. The van der Waals surface area contributed by atoms with E-state index in [1.54, 1.807) is 6.26 Å². The Morgan fingerprint density at radius 2 is 1.85 bits per heavy atom. The Morgan fingerprint density at radius 3 is 2.59 bits per heavy atom. The number of carbonyl (C=O) groups is 1. The molecular formula is C27H26ClN3O3. The average Bonchev–Trinajstić information content (AvgIpc) is 3.37. The number of pyridine rings is 1. The van der Waals surface area contributed by atoms with Gasteiger partial charge in [-0.15, -0.1) is 0 Å². The Kier molecular flexibility index (Phi) is 6.52. The van der Waals surface area contributed by atoms with E-state index in [9.17, 15) is 4.79 Å². The number of rotatable bonds is 6. The first-order valence-corrected chi connectivity index (χ1v) is 11.7. The van der Waals surface area contributed by atoms with Crippen molar-refractivity contribution in [3.63, 3.8) is 0 Å². The van der Waals surface area contributed by atoms with Crippen molar-refractivity contribution < 1.29 is 13.9 Å². The lowest BCUT2D eigenvalue weighted by molar-refractivity contribution is 0.0717. The summed E-state index contributed by atoms with van der Waals surface area (Å²) in [5.41, 5.74) is 3.57. The molecule has 0 atom stereocenters. The molecule has 1 saturated heterocycles. The van der Waals surface area contributed by atoms with Gasteiger partial charge in [0.2, 0.25) is 0 Å². The van der Waals surface area contributed by atoms with Crippen LogP contribution in [0.3, 0.4) is 0 Å². The first-order chi connectivity index (χ1) is 16.6. The second-order valence-corrected chi connectivity index (χ2v) is 8.95. The third-order valence-electron chi connectivity index (χ3n) is 6.02. The van der Waals surface area contributed by atoms with Crippen LogP contribution >= 0.6 is 11.6 Å². The van der Waals surface area contributed by atoms with Gasteiger partial charge in [0, 0.05) is 34.6 Å². The number of morpholine rings is 1. The standard InChI is InChI=1S/C27H26ClN3O3/c1-19-4-6-20(7-5-19)27(32)31(18-24-3-2-12-34-24)17-22-15-21-8-9-23(28)16-25(21)29-26(22)30-10-13-33-14-11-30/h2-9,12,15-16H,10-11,13-14,17-18H2,1H3. The van der Waals surface area contributed by atoms with E-state index in [0.717, 1.165) is 46.7 Å². The number of benzene rings is 2. The van der Waals surface area contributed by atoms with Gasteiger partial charge >= 0.3 is 0 Å². The van der Waals surface area contributed by atoms with Gasteiger partial charge in [0.25, 0.3) is 5.91 Å². The number of aromatic nitrogens is 1. The van der Waals surface area contributed by atoms with Crippen LogP contribution in [0, 0.1) is 6.92 Å². The van der Waals surface area contributed by atoms with Crippen molar-refractivity contribution in [1.82, 2.24) is 9.88 Å². The molecule has 34 heavy (non-hydrogen) atoms. The van der Waals surface area contributed by atoms with Crippen molar-refractivity contribution in [2.24, 2.45) is 0 Å². The minimum Gasteiger partial charge on any atom is -0.467 e. The molecule has 0 aliphatic carbocycles.